The van der Waals surface area contributed by atoms with Crippen LogP contribution < -0.4 is 10.6 Å². The molecule has 4 heteroatoms. The van der Waals surface area contributed by atoms with Crippen molar-refractivity contribution in [3.8, 4) is 0 Å². The van der Waals surface area contributed by atoms with Gasteiger partial charge < -0.3 is 10.6 Å². The van der Waals surface area contributed by atoms with Gasteiger partial charge in [-0.3, -0.25) is 9.59 Å². The molecular formula is C23H22N2O2. The van der Waals surface area contributed by atoms with Gasteiger partial charge in [0.05, 0.1) is 0 Å². The van der Waals surface area contributed by atoms with Crippen LogP contribution in [0.25, 0.3) is 0 Å². The molecule has 0 spiro atoms. The maximum absolute atomic E-state index is 12.3. The van der Waals surface area contributed by atoms with E-state index in [-0.39, 0.29) is 11.8 Å². The van der Waals surface area contributed by atoms with E-state index in [9.17, 15) is 9.59 Å². The first kappa shape index (κ1) is 18.4. The fraction of sp³-hybridized carbons (Fsp3) is 0.130. The summed E-state index contributed by atoms with van der Waals surface area (Å²) >= 11 is 0. The average Bonchev–Trinajstić information content (AvgIpc) is 2.68. The molecule has 2 N–H and O–H groups in total. The maximum Gasteiger partial charge on any atom is 0.255 e. The van der Waals surface area contributed by atoms with Gasteiger partial charge in [-0.25, -0.2) is 0 Å². The van der Waals surface area contributed by atoms with Gasteiger partial charge >= 0.3 is 0 Å². The molecule has 0 unspecified atom stereocenters. The summed E-state index contributed by atoms with van der Waals surface area (Å²) in [6.45, 7) is 4.48. The number of carbonyl (C=O) groups excluding carboxylic acids is 2. The molecule has 0 aliphatic rings. The van der Waals surface area contributed by atoms with Crippen molar-refractivity contribution in [3.63, 3.8) is 0 Å². The quantitative estimate of drug-likeness (QED) is 0.706. The van der Waals surface area contributed by atoms with Crippen LogP contribution in [0.1, 0.15) is 37.4 Å². The highest BCUT2D eigenvalue weighted by Crippen LogP contribution is 2.12. The standard InChI is InChI=1S/C23H22N2O2/c1-16-6-12-21(13-7-16)25-23(27)20-10-8-19(9-11-20)22(26)24-15-18-5-3-4-17(2)14-18/h3-14H,15H2,1-2H3,(H,24,26)(H,25,27). The monoisotopic (exact) mass is 358 g/mol. The van der Waals surface area contributed by atoms with Crippen molar-refractivity contribution in [2.45, 2.75) is 20.4 Å². The Morgan fingerprint density at radius 3 is 2.00 bits per heavy atom. The molecular weight excluding hydrogens is 336 g/mol. The fourth-order valence-electron chi connectivity index (χ4n) is 2.72. The van der Waals surface area contributed by atoms with Crippen LogP contribution in [-0.4, -0.2) is 11.8 Å². The molecule has 0 aliphatic carbocycles. The third kappa shape index (κ3) is 5.05. The van der Waals surface area contributed by atoms with Gasteiger partial charge in [-0.2, -0.15) is 0 Å². The van der Waals surface area contributed by atoms with Crippen LogP contribution in [0.4, 0.5) is 5.69 Å². The minimum absolute atomic E-state index is 0.165. The number of hydrogen-bond donors (Lipinski definition) is 2. The van der Waals surface area contributed by atoms with Crippen LogP contribution in [0, 0.1) is 13.8 Å². The molecule has 0 radical (unpaired) electrons. The predicted molar refractivity (Wildman–Crippen MR) is 108 cm³/mol. The number of anilines is 1. The van der Waals surface area contributed by atoms with Gasteiger partial charge in [0, 0.05) is 23.4 Å². The summed E-state index contributed by atoms with van der Waals surface area (Å²) in [5.74, 6) is -0.368. The van der Waals surface area contributed by atoms with E-state index < -0.39 is 0 Å². The van der Waals surface area contributed by atoms with Gasteiger partial charge in [-0.1, -0.05) is 47.5 Å². The van der Waals surface area contributed by atoms with Crippen LogP contribution in [-0.2, 0) is 6.54 Å². The molecule has 2 amide bonds. The van der Waals surface area contributed by atoms with Crippen LogP contribution in [0.2, 0.25) is 0 Å². The molecule has 0 aliphatic heterocycles. The van der Waals surface area contributed by atoms with Gasteiger partial charge in [0.2, 0.25) is 0 Å². The topological polar surface area (TPSA) is 58.2 Å². The Bertz CT molecular complexity index is 945. The van der Waals surface area contributed by atoms with Crippen molar-refractivity contribution in [2.24, 2.45) is 0 Å². The van der Waals surface area contributed by atoms with Gasteiger partial charge in [0.15, 0.2) is 0 Å². The first-order valence-electron chi connectivity index (χ1n) is 8.83. The highest BCUT2D eigenvalue weighted by molar-refractivity contribution is 6.05. The van der Waals surface area contributed by atoms with Crippen molar-refractivity contribution >= 4 is 17.5 Å². The van der Waals surface area contributed by atoms with Gasteiger partial charge in [-0.05, 0) is 55.8 Å². The molecule has 0 bridgehead atoms. The summed E-state index contributed by atoms with van der Waals surface area (Å²) in [4.78, 5) is 24.6. The van der Waals surface area contributed by atoms with E-state index in [1.165, 1.54) is 0 Å². The Balaban J connectivity index is 1.59. The Kier molecular flexibility index (Phi) is 5.67. The zero-order valence-electron chi connectivity index (χ0n) is 15.5. The highest BCUT2D eigenvalue weighted by Gasteiger charge is 2.09. The number of carbonyl (C=O) groups is 2. The van der Waals surface area contributed by atoms with Crippen molar-refractivity contribution in [1.29, 1.82) is 0 Å². The zero-order valence-corrected chi connectivity index (χ0v) is 15.5. The van der Waals surface area contributed by atoms with Crippen molar-refractivity contribution in [2.75, 3.05) is 5.32 Å². The second-order valence-corrected chi connectivity index (χ2v) is 6.57. The lowest BCUT2D eigenvalue weighted by Crippen LogP contribution is -2.23. The third-order valence-electron chi connectivity index (χ3n) is 4.25. The van der Waals surface area contributed by atoms with E-state index in [0.29, 0.717) is 17.7 Å². The molecule has 0 aromatic heterocycles. The maximum atomic E-state index is 12.3. The molecule has 0 fully saturated rings. The van der Waals surface area contributed by atoms with E-state index in [1.807, 2.05) is 62.4 Å². The fourth-order valence-corrected chi connectivity index (χ4v) is 2.72. The first-order chi connectivity index (χ1) is 13.0. The minimum Gasteiger partial charge on any atom is -0.348 e. The molecule has 3 aromatic carbocycles. The third-order valence-corrected chi connectivity index (χ3v) is 4.25. The second-order valence-electron chi connectivity index (χ2n) is 6.57. The predicted octanol–water partition coefficient (Wildman–Crippen LogP) is 4.49. The van der Waals surface area contributed by atoms with Crippen LogP contribution in [0.3, 0.4) is 0 Å². The molecule has 3 aromatic rings. The number of nitrogens with one attached hydrogen (secondary N) is 2. The first-order valence-corrected chi connectivity index (χ1v) is 8.83. The van der Waals surface area contributed by atoms with E-state index in [4.69, 9.17) is 0 Å². The molecule has 0 saturated carbocycles. The van der Waals surface area contributed by atoms with Gasteiger partial charge in [0.25, 0.3) is 11.8 Å². The van der Waals surface area contributed by atoms with Crippen LogP contribution >= 0.6 is 0 Å². The molecule has 136 valence electrons. The summed E-state index contributed by atoms with van der Waals surface area (Å²) in [5, 5.41) is 5.74. The normalized spacial score (nSPS) is 10.3. The summed E-state index contributed by atoms with van der Waals surface area (Å²) in [5.41, 5.74) is 5.11. The largest absolute Gasteiger partial charge is 0.348 e. The highest BCUT2D eigenvalue weighted by atomic mass is 16.2. The average molecular weight is 358 g/mol. The number of aryl methyl sites for hydroxylation is 2. The summed E-state index contributed by atoms with van der Waals surface area (Å²) < 4.78 is 0. The van der Waals surface area contributed by atoms with Crippen LogP contribution in [0.5, 0.6) is 0 Å². The van der Waals surface area contributed by atoms with Crippen molar-refractivity contribution in [3.05, 3.63) is 101 Å². The van der Waals surface area contributed by atoms with Gasteiger partial charge in [0.1, 0.15) is 0 Å². The van der Waals surface area contributed by atoms with E-state index >= 15 is 0 Å². The number of amides is 2. The number of rotatable bonds is 5. The van der Waals surface area contributed by atoms with E-state index in [2.05, 4.69) is 10.6 Å². The smallest absolute Gasteiger partial charge is 0.255 e. The SMILES string of the molecule is Cc1ccc(NC(=O)c2ccc(C(=O)NCc3cccc(C)c3)cc2)cc1. The number of hydrogen-bond acceptors (Lipinski definition) is 2. The van der Waals surface area contributed by atoms with Crippen molar-refractivity contribution in [1.82, 2.24) is 5.32 Å². The Morgan fingerprint density at radius 2 is 1.37 bits per heavy atom. The zero-order chi connectivity index (χ0) is 19.2. The lowest BCUT2D eigenvalue weighted by molar-refractivity contribution is 0.0949. The molecule has 0 saturated heterocycles. The minimum atomic E-state index is -0.203. The molecule has 4 nitrogen and oxygen atoms in total. The van der Waals surface area contributed by atoms with E-state index in [1.54, 1.807) is 24.3 Å². The lowest BCUT2D eigenvalue weighted by Gasteiger charge is -2.08. The molecule has 0 heterocycles. The molecule has 0 atom stereocenters. The Labute approximate surface area is 159 Å². The van der Waals surface area contributed by atoms with Crippen molar-refractivity contribution < 1.29 is 9.59 Å². The lowest BCUT2D eigenvalue weighted by atomic mass is 10.1. The van der Waals surface area contributed by atoms with Crippen LogP contribution in [0.15, 0.2) is 72.8 Å². The Hall–Kier alpha value is -3.40. The summed E-state index contributed by atoms with van der Waals surface area (Å²) in [6.07, 6.45) is 0. The Morgan fingerprint density at radius 1 is 0.741 bits per heavy atom. The number of benzene rings is 3. The second kappa shape index (κ2) is 8.32. The van der Waals surface area contributed by atoms with E-state index in [0.717, 1.165) is 22.4 Å². The summed E-state index contributed by atoms with van der Waals surface area (Å²) in [6, 6.07) is 22.3. The summed E-state index contributed by atoms with van der Waals surface area (Å²) in [7, 11) is 0. The molecule has 27 heavy (non-hydrogen) atoms. The molecule has 3 rings (SSSR count). The van der Waals surface area contributed by atoms with Gasteiger partial charge in [-0.15, -0.1) is 0 Å².